The van der Waals surface area contributed by atoms with Gasteiger partial charge in [0, 0.05) is 31.5 Å². The van der Waals surface area contributed by atoms with Crippen molar-refractivity contribution in [1.29, 1.82) is 0 Å². The Morgan fingerprint density at radius 2 is 1.96 bits per heavy atom. The molecule has 0 atom stereocenters. The van der Waals surface area contributed by atoms with E-state index in [0.29, 0.717) is 24.1 Å². The number of amides is 3. The number of aromatic nitrogens is 2. The summed E-state index contributed by atoms with van der Waals surface area (Å²) >= 11 is 0. The third kappa shape index (κ3) is 4.13. The minimum absolute atomic E-state index is 0.0489. The van der Waals surface area contributed by atoms with Crippen molar-refractivity contribution in [3.8, 4) is 0 Å². The average molecular weight is 379 g/mol. The fourth-order valence-corrected chi connectivity index (χ4v) is 4.01. The van der Waals surface area contributed by atoms with Crippen LogP contribution in [0.4, 0.5) is 16.3 Å². The van der Waals surface area contributed by atoms with Gasteiger partial charge in [0.25, 0.3) is 0 Å². The topological polar surface area (TPSA) is 78.4 Å². The lowest BCUT2D eigenvalue weighted by Crippen LogP contribution is -2.40. The van der Waals surface area contributed by atoms with Gasteiger partial charge in [0.05, 0.1) is 18.3 Å². The van der Waals surface area contributed by atoms with Crippen LogP contribution >= 0.6 is 0 Å². The summed E-state index contributed by atoms with van der Waals surface area (Å²) in [5.74, 6) is 0.511. The number of nitrogens with one attached hydrogen (secondary N) is 1. The number of hydrogen-bond acceptors (Lipinski definition) is 4. The fraction of sp³-hybridized carbons (Fsp3) is 0.429. The Kier molecular flexibility index (Phi) is 5.50. The number of carbonyl (C=O) groups excluding carboxylic acids is 2. The van der Waals surface area contributed by atoms with E-state index in [4.69, 9.17) is 0 Å². The van der Waals surface area contributed by atoms with Crippen molar-refractivity contribution >= 4 is 23.4 Å². The largest absolute Gasteiger partial charge is 0.326 e. The highest BCUT2D eigenvalue weighted by Crippen LogP contribution is 2.27. The maximum absolute atomic E-state index is 12.8. The van der Waals surface area contributed by atoms with Crippen LogP contribution in [0.3, 0.4) is 0 Å². The fourth-order valence-electron chi connectivity index (χ4n) is 4.01. The van der Waals surface area contributed by atoms with E-state index >= 15 is 0 Å². The average Bonchev–Trinajstić information content (AvgIpc) is 3.11. The molecule has 0 spiro atoms. The van der Waals surface area contributed by atoms with Gasteiger partial charge in [0.15, 0.2) is 0 Å². The van der Waals surface area contributed by atoms with Crippen LogP contribution in [0.5, 0.6) is 0 Å². The van der Waals surface area contributed by atoms with E-state index in [1.165, 1.54) is 19.3 Å². The first-order valence-corrected chi connectivity index (χ1v) is 9.93. The molecular formula is C21H25N5O2. The van der Waals surface area contributed by atoms with Crippen LogP contribution in [0.15, 0.2) is 42.9 Å². The number of anilines is 2. The van der Waals surface area contributed by atoms with Crippen LogP contribution in [-0.2, 0) is 11.2 Å². The van der Waals surface area contributed by atoms with Crippen molar-refractivity contribution in [1.82, 2.24) is 14.9 Å². The summed E-state index contributed by atoms with van der Waals surface area (Å²) in [6.45, 7) is 1.42. The number of urea groups is 1. The lowest BCUT2D eigenvalue weighted by Gasteiger charge is -2.30. The van der Waals surface area contributed by atoms with Crippen molar-refractivity contribution in [3.63, 3.8) is 0 Å². The van der Waals surface area contributed by atoms with Crippen molar-refractivity contribution in [2.24, 2.45) is 0 Å². The zero-order valence-corrected chi connectivity index (χ0v) is 15.9. The first-order valence-electron chi connectivity index (χ1n) is 9.93. The number of pyridine rings is 2. The van der Waals surface area contributed by atoms with Gasteiger partial charge < -0.3 is 10.2 Å². The molecule has 1 saturated carbocycles. The van der Waals surface area contributed by atoms with E-state index in [-0.39, 0.29) is 18.4 Å². The molecule has 2 aromatic heterocycles. The Bertz CT molecular complexity index is 818. The SMILES string of the molecule is O=C(Cc1cccnc1)Nc1ccc(N2CCN(C3CCCCC3)C2=O)nc1. The number of carbonyl (C=O) groups is 2. The maximum Gasteiger partial charge on any atom is 0.326 e. The van der Waals surface area contributed by atoms with Gasteiger partial charge in [-0.3, -0.25) is 14.7 Å². The smallest absolute Gasteiger partial charge is 0.324 e. The van der Waals surface area contributed by atoms with Gasteiger partial charge in [-0.1, -0.05) is 25.3 Å². The summed E-state index contributed by atoms with van der Waals surface area (Å²) in [7, 11) is 0. The third-order valence-electron chi connectivity index (χ3n) is 5.45. The quantitative estimate of drug-likeness (QED) is 0.865. The Labute approximate surface area is 164 Å². The molecule has 2 fully saturated rings. The molecule has 3 heterocycles. The van der Waals surface area contributed by atoms with Crippen LogP contribution in [-0.4, -0.2) is 45.9 Å². The summed E-state index contributed by atoms with van der Waals surface area (Å²) in [6.07, 6.45) is 11.1. The van der Waals surface area contributed by atoms with E-state index in [9.17, 15) is 9.59 Å². The molecule has 4 rings (SSSR count). The highest BCUT2D eigenvalue weighted by atomic mass is 16.2. The van der Waals surface area contributed by atoms with Gasteiger partial charge in [0.1, 0.15) is 5.82 Å². The van der Waals surface area contributed by atoms with Crippen LogP contribution in [0, 0.1) is 0 Å². The number of nitrogens with zero attached hydrogens (tertiary/aromatic N) is 4. The van der Waals surface area contributed by atoms with Gasteiger partial charge in [-0.2, -0.15) is 0 Å². The van der Waals surface area contributed by atoms with Crippen LogP contribution in [0.2, 0.25) is 0 Å². The van der Waals surface area contributed by atoms with Gasteiger partial charge in [-0.15, -0.1) is 0 Å². The highest BCUT2D eigenvalue weighted by Gasteiger charge is 2.35. The van der Waals surface area contributed by atoms with Crippen LogP contribution in [0.25, 0.3) is 0 Å². The summed E-state index contributed by atoms with van der Waals surface area (Å²) in [5.41, 5.74) is 1.48. The molecule has 0 bridgehead atoms. The van der Waals surface area contributed by atoms with Gasteiger partial charge in [-0.05, 0) is 36.6 Å². The molecule has 1 aliphatic carbocycles. The lowest BCUT2D eigenvalue weighted by atomic mass is 9.94. The molecule has 1 N–H and O–H groups in total. The van der Waals surface area contributed by atoms with Crippen molar-refractivity contribution < 1.29 is 9.59 Å². The molecule has 3 amide bonds. The molecule has 0 unspecified atom stereocenters. The summed E-state index contributed by atoms with van der Waals surface area (Å²) in [6, 6.07) is 7.68. The molecule has 0 radical (unpaired) electrons. The highest BCUT2D eigenvalue weighted by molar-refractivity contribution is 5.94. The van der Waals surface area contributed by atoms with Crippen molar-refractivity contribution in [2.75, 3.05) is 23.3 Å². The monoisotopic (exact) mass is 379 g/mol. The van der Waals surface area contributed by atoms with E-state index in [2.05, 4.69) is 15.3 Å². The minimum atomic E-state index is -0.122. The standard InChI is InChI=1S/C21H25N5O2/c27-20(13-16-5-4-10-22-14-16)24-17-8-9-19(23-15-17)26-12-11-25(21(26)28)18-6-2-1-3-7-18/h4-5,8-10,14-15,18H,1-3,6-7,11-13H2,(H,24,27). The Balaban J connectivity index is 1.35. The van der Waals surface area contributed by atoms with Gasteiger partial charge in [0.2, 0.25) is 5.91 Å². The first kappa shape index (κ1) is 18.4. The van der Waals surface area contributed by atoms with E-state index < -0.39 is 0 Å². The molecule has 146 valence electrons. The maximum atomic E-state index is 12.8. The van der Waals surface area contributed by atoms with Gasteiger partial charge >= 0.3 is 6.03 Å². The minimum Gasteiger partial charge on any atom is -0.324 e. The summed E-state index contributed by atoms with van der Waals surface area (Å²) < 4.78 is 0. The molecular weight excluding hydrogens is 354 g/mol. The lowest BCUT2D eigenvalue weighted by molar-refractivity contribution is -0.115. The summed E-state index contributed by atoms with van der Waals surface area (Å²) in [4.78, 5) is 37.1. The van der Waals surface area contributed by atoms with Gasteiger partial charge in [-0.25, -0.2) is 9.78 Å². The molecule has 2 aliphatic rings. The normalized spacial score (nSPS) is 17.8. The Morgan fingerprint density at radius 1 is 1.11 bits per heavy atom. The van der Waals surface area contributed by atoms with E-state index in [1.807, 2.05) is 17.0 Å². The summed E-state index contributed by atoms with van der Waals surface area (Å²) in [5, 5.41) is 2.84. The molecule has 7 heteroatoms. The predicted octanol–water partition coefficient (Wildman–Crippen LogP) is 3.23. The third-order valence-corrected chi connectivity index (χ3v) is 5.45. The van der Waals surface area contributed by atoms with Crippen LogP contribution < -0.4 is 10.2 Å². The Hall–Kier alpha value is -2.96. The second-order valence-electron chi connectivity index (χ2n) is 7.41. The van der Waals surface area contributed by atoms with Crippen molar-refractivity contribution in [3.05, 3.63) is 48.4 Å². The predicted molar refractivity (Wildman–Crippen MR) is 107 cm³/mol. The first-order chi connectivity index (χ1) is 13.7. The number of rotatable bonds is 5. The molecule has 1 saturated heterocycles. The molecule has 7 nitrogen and oxygen atoms in total. The van der Waals surface area contributed by atoms with Crippen LogP contribution in [0.1, 0.15) is 37.7 Å². The zero-order valence-electron chi connectivity index (χ0n) is 15.9. The second kappa shape index (κ2) is 8.37. The van der Waals surface area contributed by atoms with Crippen molar-refractivity contribution in [2.45, 2.75) is 44.6 Å². The molecule has 1 aliphatic heterocycles. The Morgan fingerprint density at radius 3 is 2.68 bits per heavy atom. The zero-order chi connectivity index (χ0) is 19.3. The van der Waals surface area contributed by atoms with E-state index in [0.717, 1.165) is 24.9 Å². The van der Waals surface area contributed by atoms with E-state index in [1.54, 1.807) is 35.6 Å². The molecule has 0 aromatic carbocycles. The molecule has 2 aromatic rings. The second-order valence-corrected chi connectivity index (χ2v) is 7.41. The molecule has 28 heavy (non-hydrogen) atoms. The number of hydrogen-bond donors (Lipinski definition) is 1.